The normalized spacial score (nSPS) is 13.5. The molecule has 4 heterocycles. The fourth-order valence-corrected chi connectivity index (χ4v) is 9.97. The lowest BCUT2D eigenvalue weighted by atomic mass is 9.34. The van der Waals surface area contributed by atoms with Gasteiger partial charge in [0, 0.05) is 38.4 Å². The summed E-state index contributed by atoms with van der Waals surface area (Å²) < 4.78 is 5.17. The summed E-state index contributed by atoms with van der Waals surface area (Å²) >= 11 is 0. The summed E-state index contributed by atoms with van der Waals surface area (Å²) in [6.07, 6.45) is 0. The number of nitrogens with zero attached hydrogens (tertiary/aromatic N) is 2. The van der Waals surface area contributed by atoms with Crippen LogP contribution >= 0.6 is 0 Å². The summed E-state index contributed by atoms with van der Waals surface area (Å²) in [6, 6.07) is 52.9. The molecule has 3 heteroatoms. The van der Waals surface area contributed by atoms with E-state index in [0.29, 0.717) is 0 Å². The van der Waals surface area contributed by atoms with Crippen LogP contribution in [0.25, 0.3) is 98.8 Å². The van der Waals surface area contributed by atoms with Crippen molar-refractivity contribution in [2.75, 3.05) is 0 Å². The minimum Gasteiger partial charge on any atom is -0.310 e. The Labute approximate surface area is 269 Å². The number of hydrogen-bond acceptors (Lipinski definition) is 0. The number of aromatic nitrogens is 2. The molecular weight excluding hydrogens is 567 g/mol. The van der Waals surface area contributed by atoms with Gasteiger partial charge in [0.05, 0.1) is 16.6 Å². The van der Waals surface area contributed by atoms with Crippen molar-refractivity contribution >= 4 is 88.3 Å². The van der Waals surface area contributed by atoms with E-state index in [1.807, 2.05) is 0 Å². The number of rotatable bonds is 0. The number of benzene rings is 8. The van der Waals surface area contributed by atoms with E-state index in [2.05, 4.69) is 149 Å². The number of hydrogen-bond donors (Lipinski definition) is 0. The predicted octanol–water partition coefficient (Wildman–Crippen LogP) is 8.98. The van der Waals surface area contributed by atoms with Gasteiger partial charge in [0.25, 0.3) is 6.71 Å². The van der Waals surface area contributed by atoms with Gasteiger partial charge in [0.15, 0.2) is 0 Å². The highest BCUT2D eigenvalue weighted by molar-refractivity contribution is 7.00. The first-order chi connectivity index (χ1) is 23.4. The summed E-state index contributed by atoms with van der Waals surface area (Å²) in [5, 5.41) is 10.7. The molecule has 0 unspecified atom stereocenters. The second-order valence-corrected chi connectivity index (χ2v) is 13.6. The first-order valence-corrected chi connectivity index (χ1v) is 16.6. The lowest BCUT2D eigenvalue weighted by Gasteiger charge is -2.33. The molecule has 0 saturated carbocycles. The topological polar surface area (TPSA) is 9.86 Å². The maximum Gasteiger partial charge on any atom is 0.252 e. The molecule has 0 N–H and O–H groups in total. The molecule has 2 aromatic heterocycles. The van der Waals surface area contributed by atoms with Crippen LogP contribution in [-0.2, 0) is 0 Å². The van der Waals surface area contributed by atoms with Crippen molar-refractivity contribution < 1.29 is 0 Å². The van der Waals surface area contributed by atoms with E-state index in [0.717, 1.165) is 0 Å². The average Bonchev–Trinajstić information content (AvgIpc) is 3.62. The third-order valence-corrected chi connectivity index (χ3v) is 11.6. The largest absolute Gasteiger partial charge is 0.310 e. The lowest BCUT2D eigenvalue weighted by molar-refractivity contribution is 1.14. The molecule has 3 aliphatic rings. The van der Waals surface area contributed by atoms with Crippen LogP contribution in [-0.4, -0.2) is 15.8 Å². The molecule has 212 valence electrons. The van der Waals surface area contributed by atoms with Crippen molar-refractivity contribution in [3.8, 4) is 33.6 Å². The van der Waals surface area contributed by atoms with E-state index < -0.39 is 0 Å². The van der Waals surface area contributed by atoms with E-state index in [1.165, 1.54) is 115 Å². The second kappa shape index (κ2) is 7.66. The van der Waals surface area contributed by atoms with Crippen molar-refractivity contribution in [1.29, 1.82) is 0 Å². The van der Waals surface area contributed by atoms with Crippen LogP contribution < -0.4 is 16.4 Å². The van der Waals surface area contributed by atoms with Crippen molar-refractivity contribution in [2.24, 2.45) is 0 Å². The molecule has 0 spiro atoms. The summed E-state index contributed by atoms with van der Waals surface area (Å²) in [4.78, 5) is 0. The zero-order valence-electron chi connectivity index (χ0n) is 25.3. The average molecular weight is 590 g/mol. The van der Waals surface area contributed by atoms with Gasteiger partial charge in [-0.1, -0.05) is 115 Å². The smallest absolute Gasteiger partial charge is 0.252 e. The van der Waals surface area contributed by atoms with Gasteiger partial charge in [-0.05, 0) is 84.5 Å². The number of fused-ring (bicyclic) bond motifs is 13. The van der Waals surface area contributed by atoms with Gasteiger partial charge < -0.3 is 9.13 Å². The van der Waals surface area contributed by atoms with Crippen molar-refractivity contribution in [3.63, 3.8) is 0 Å². The molecule has 0 fully saturated rings. The molecule has 0 amide bonds. The molecule has 10 aromatic rings. The third kappa shape index (κ3) is 2.46. The SMILES string of the molecule is c1ccc2c(c1)-c1cccc3ccc4c(c13)c1c-2ccc2c1n4-c1cccc3c1B2c1cccc2c4c5ccccc5ccc4n-3c12. The Kier molecular flexibility index (Phi) is 3.80. The Morgan fingerprint density at radius 2 is 0.979 bits per heavy atom. The Balaban J connectivity index is 1.27. The van der Waals surface area contributed by atoms with Gasteiger partial charge in [-0.3, -0.25) is 0 Å². The molecular formula is C44H23BN2. The van der Waals surface area contributed by atoms with E-state index in [1.54, 1.807) is 0 Å². The first kappa shape index (κ1) is 23.3. The van der Waals surface area contributed by atoms with Crippen molar-refractivity contribution in [1.82, 2.24) is 9.13 Å². The minimum absolute atomic E-state index is 0.142. The molecule has 0 atom stereocenters. The predicted molar refractivity (Wildman–Crippen MR) is 199 cm³/mol. The highest BCUT2D eigenvalue weighted by Gasteiger charge is 2.41. The Morgan fingerprint density at radius 1 is 0.362 bits per heavy atom. The van der Waals surface area contributed by atoms with Crippen LogP contribution in [0.15, 0.2) is 140 Å². The maximum atomic E-state index is 2.61. The highest BCUT2D eigenvalue weighted by Crippen LogP contribution is 2.50. The Hall–Kier alpha value is -6.06. The second-order valence-electron chi connectivity index (χ2n) is 13.6. The van der Waals surface area contributed by atoms with Crippen molar-refractivity contribution in [3.05, 3.63) is 140 Å². The fraction of sp³-hybridized carbons (Fsp3) is 0. The van der Waals surface area contributed by atoms with Crippen LogP contribution in [0.1, 0.15) is 0 Å². The molecule has 2 aliphatic heterocycles. The number of para-hydroxylation sites is 1. The van der Waals surface area contributed by atoms with E-state index in [9.17, 15) is 0 Å². The maximum absolute atomic E-state index is 2.61. The monoisotopic (exact) mass is 590 g/mol. The van der Waals surface area contributed by atoms with Crippen LogP contribution in [0, 0.1) is 0 Å². The van der Waals surface area contributed by atoms with Gasteiger partial charge in [0.2, 0.25) is 0 Å². The molecule has 13 rings (SSSR count). The van der Waals surface area contributed by atoms with E-state index >= 15 is 0 Å². The Bertz CT molecular complexity index is 3140. The third-order valence-electron chi connectivity index (χ3n) is 11.6. The van der Waals surface area contributed by atoms with Gasteiger partial charge in [-0.2, -0.15) is 0 Å². The Morgan fingerprint density at radius 3 is 1.85 bits per heavy atom. The van der Waals surface area contributed by atoms with Crippen LogP contribution in [0.4, 0.5) is 0 Å². The summed E-state index contributed by atoms with van der Waals surface area (Å²) in [5.74, 6) is 0. The zero-order valence-corrected chi connectivity index (χ0v) is 25.3. The van der Waals surface area contributed by atoms with Gasteiger partial charge in [-0.15, -0.1) is 0 Å². The van der Waals surface area contributed by atoms with Crippen LogP contribution in [0.5, 0.6) is 0 Å². The molecule has 0 saturated heterocycles. The standard InChI is InChI=1S/C44H23BN2/c1-2-10-26-24(8-1)18-22-34-39(26)31-14-6-15-32-43(31)46(34)36-16-7-17-37-42(36)45(32)33-21-20-30-28-12-4-3-11-27(28)29-13-5-9-25-19-23-35-41(38(25)29)40(30)44(33)47(35)37/h1-23H. The van der Waals surface area contributed by atoms with Crippen LogP contribution in [0.2, 0.25) is 0 Å². The van der Waals surface area contributed by atoms with Crippen molar-refractivity contribution in [2.45, 2.75) is 0 Å². The molecule has 2 nitrogen and oxygen atoms in total. The minimum atomic E-state index is 0.142. The molecule has 8 aromatic carbocycles. The summed E-state index contributed by atoms with van der Waals surface area (Å²) in [7, 11) is 0. The summed E-state index contributed by atoms with van der Waals surface area (Å²) in [6.45, 7) is 0.142. The van der Waals surface area contributed by atoms with Gasteiger partial charge >= 0.3 is 0 Å². The molecule has 0 radical (unpaired) electrons. The van der Waals surface area contributed by atoms with E-state index in [-0.39, 0.29) is 6.71 Å². The fourth-order valence-electron chi connectivity index (χ4n) is 9.97. The first-order valence-electron chi connectivity index (χ1n) is 16.6. The molecule has 47 heavy (non-hydrogen) atoms. The highest BCUT2D eigenvalue weighted by atomic mass is 15.0. The lowest BCUT2D eigenvalue weighted by Crippen LogP contribution is -2.59. The van der Waals surface area contributed by atoms with E-state index in [4.69, 9.17) is 0 Å². The molecule has 1 aliphatic carbocycles. The van der Waals surface area contributed by atoms with Gasteiger partial charge in [0.1, 0.15) is 0 Å². The van der Waals surface area contributed by atoms with Crippen LogP contribution in [0.3, 0.4) is 0 Å². The summed E-state index contributed by atoms with van der Waals surface area (Å²) in [5.41, 5.74) is 17.4. The quantitative estimate of drug-likeness (QED) is 0.156. The zero-order chi connectivity index (χ0) is 30.1. The van der Waals surface area contributed by atoms with Gasteiger partial charge in [-0.25, -0.2) is 0 Å². The molecule has 0 bridgehead atoms.